The average molecular weight is 1490 g/mol. The molecule has 7 aliphatic rings. The summed E-state index contributed by atoms with van der Waals surface area (Å²) in [5.74, 6) is -14.5. The number of aliphatic hydroxyl groups excluding tert-OH is 21. The lowest BCUT2D eigenvalue weighted by molar-refractivity contribution is -0.397. The molecule has 0 aromatic heterocycles. The standard InChI is InChI=1S/C56H92N4O42/c1-14(67)57-27-18(71)5-55(53(86)87,100-44(27)32(76)20(73)7-61)90-13-26-36(80)43(29(48(85)91-26)59-16(3)69)98-51-39(83)38(82)41(24(11-65)95-51)96-52-40(84)46(35(79)23(10-64)93-52)99-50-30(60-17(4)70)45(101-56(54(88)89)6-19(72)31(75)47(102-56)33(77)21(74)8-62)42(25(12-66)94-50)97-49-28(58-15(2)68)37(81)34(78)22(9-63)92-49/h18-52,61-66,71-85H,5-13H2,1-4H3,(H,57,67)(H,58,68)(H,59,69)(H,60,70)(H,86,87)(H,88,89)/t18-,19-,20+,21+,22+,23+,24+,25+,26+,27+,28+,29+,30+,31+,32+,33+,34-,35-,36-,37+,38+,39+,40+,41-,42-,43+,44+,45+,46-,47+,48-,49-,50-,51-,52-,55+,56+/m0/s1. The monoisotopic (exact) mass is 1490 g/mol. The van der Waals surface area contributed by atoms with Crippen molar-refractivity contribution >= 4 is 35.6 Å². The van der Waals surface area contributed by atoms with Crippen LogP contribution in [0.1, 0.15) is 40.5 Å². The molecular formula is C56H92N4O42. The zero-order valence-corrected chi connectivity index (χ0v) is 54.6. The maximum absolute atomic E-state index is 13.6. The summed E-state index contributed by atoms with van der Waals surface area (Å²) in [6.07, 6.45) is -70.7. The highest BCUT2D eigenvalue weighted by Crippen LogP contribution is 2.42. The molecule has 27 N–H and O–H groups in total. The van der Waals surface area contributed by atoms with Gasteiger partial charge in [-0.3, -0.25) is 19.2 Å². The van der Waals surface area contributed by atoms with Gasteiger partial charge in [0.15, 0.2) is 31.5 Å². The molecule has 46 nitrogen and oxygen atoms in total. The summed E-state index contributed by atoms with van der Waals surface area (Å²) in [6, 6.07) is -7.60. The minimum atomic E-state index is -3.44. The summed E-state index contributed by atoms with van der Waals surface area (Å²) in [7, 11) is 0. The topological polar surface area (TPSA) is 736 Å². The molecule has 0 spiro atoms. The number of carboxylic acids is 2. The van der Waals surface area contributed by atoms with Gasteiger partial charge in [-0.05, 0) is 0 Å². The molecule has 0 radical (unpaired) electrons. The Bertz CT molecular complexity index is 2770. The predicted molar refractivity (Wildman–Crippen MR) is 313 cm³/mol. The third kappa shape index (κ3) is 18.5. The molecule has 7 aliphatic heterocycles. The van der Waals surface area contributed by atoms with E-state index in [2.05, 4.69) is 21.3 Å². The molecule has 7 heterocycles. The minimum absolute atomic E-state index is 0.826. The van der Waals surface area contributed by atoms with Crippen LogP contribution in [-0.4, -0.2) is 425 Å². The zero-order chi connectivity index (χ0) is 76.1. The first-order valence-electron chi connectivity index (χ1n) is 31.9. The SMILES string of the molecule is CC(=O)N[C@@H]1[C@@H](O[C@@H]2O[C@H](CO)[C@H](O[C@@H]3O[C@H](CO)[C@H](O)[C@H](O[C@@H]4O[C@H](CO)[C@H](O[C@@H]5O[C@H](CO)[C@H](O)[C@H](O)[C@H]5NC(C)=O)[C@H](O[C@]5(C(=O)O)C[C@H](O)[C@@H](O)[C@H]([C@H](O)[C@H](O)CO)O5)[C@H]4NC(C)=O)[C@H]3O)[C@H](O)[C@H]2O)[C@@H](O)[C@@H](CO[C@]2(C(=O)O)C[C@H](O)[C@@H](NC(C)=O)[C@H]([C@H](O)[C@H](O)CO)O2)O[C@@H]1O. The number of hydrogen-bond donors (Lipinski definition) is 27. The molecule has 37 atom stereocenters. The fourth-order valence-electron chi connectivity index (χ4n) is 12.9. The van der Waals surface area contributed by atoms with Crippen molar-refractivity contribution < 1.29 is 208 Å². The van der Waals surface area contributed by atoms with Crippen molar-refractivity contribution in [1.82, 2.24) is 21.3 Å². The second-order valence-corrected chi connectivity index (χ2v) is 25.4. The molecule has 0 aromatic rings. The highest BCUT2D eigenvalue weighted by molar-refractivity contribution is 5.77. The molecule has 0 bridgehead atoms. The van der Waals surface area contributed by atoms with Gasteiger partial charge in [0, 0.05) is 40.5 Å². The van der Waals surface area contributed by atoms with Crippen molar-refractivity contribution in [2.45, 2.75) is 266 Å². The van der Waals surface area contributed by atoms with Crippen molar-refractivity contribution in [2.75, 3.05) is 46.2 Å². The van der Waals surface area contributed by atoms with Crippen LogP contribution >= 0.6 is 0 Å². The van der Waals surface area contributed by atoms with Gasteiger partial charge in [0.05, 0.1) is 64.5 Å². The van der Waals surface area contributed by atoms with Crippen molar-refractivity contribution in [3.8, 4) is 0 Å². The number of aliphatic hydroxyl groups is 21. The van der Waals surface area contributed by atoms with Crippen molar-refractivity contribution in [3.05, 3.63) is 0 Å². The predicted octanol–water partition coefficient (Wildman–Crippen LogP) is -17.3. The second-order valence-electron chi connectivity index (χ2n) is 25.4. The summed E-state index contributed by atoms with van der Waals surface area (Å²) >= 11 is 0. The van der Waals surface area contributed by atoms with Gasteiger partial charge >= 0.3 is 11.9 Å². The van der Waals surface area contributed by atoms with Gasteiger partial charge in [-0.15, -0.1) is 0 Å². The van der Waals surface area contributed by atoms with Crippen LogP contribution < -0.4 is 21.3 Å². The first-order valence-corrected chi connectivity index (χ1v) is 31.9. The second kappa shape index (κ2) is 35.9. The Labute approximate surface area is 576 Å². The van der Waals surface area contributed by atoms with Crippen LogP contribution in [-0.2, 0) is 90.3 Å². The molecule has 7 rings (SSSR count). The number of carbonyl (C=O) groups is 6. The van der Waals surface area contributed by atoms with Gasteiger partial charge < -0.3 is 200 Å². The lowest BCUT2D eigenvalue weighted by Crippen LogP contribution is -2.73. The molecule has 7 fully saturated rings. The summed E-state index contributed by atoms with van der Waals surface area (Å²) in [5, 5.41) is 261. The molecule has 7 saturated heterocycles. The normalized spacial score (nSPS) is 44.6. The molecule has 0 saturated carbocycles. The molecule has 0 aliphatic carbocycles. The first kappa shape index (κ1) is 84.7. The third-order valence-corrected chi connectivity index (χ3v) is 18.1. The van der Waals surface area contributed by atoms with Gasteiger partial charge in [-0.2, -0.15) is 0 Å². The van der Waals surface area contributed by atoms with Crippen LogP contribution in [0.15, 0.2) is 0 Å². The van der Waals surface area contributed by atoms with Crippen molar-refractivity contribution in [3.63, 3.8) is 0 Å². The summed E-state index contributed by atoms with van der Waals surface area (Å²) in [4.78, 5) is 77.0. The smallest absolute Gasteiger partial charge is 0.364 e. The van der Waals surface area contributed by atoms with E-state index >= 15 is 0 Å². The quantitative estimate of drug-likeness (QED) is 0.0331. The molecule has 0 unspecified atom stereocenters. The van der Waals surface area contributed by atoms with Gasteiger partial charge in [0.2, 0.25) is 23.6 Å². The summed E-state index contributed by atoms with van der Waals surface area (Å²) in [5.41, 5.74) is 0. The fraction of sp³-hybridized carbons (Fsp3) is 0.893. The zero-order valence-electron chi connectivity index (χ0n) is 54.6. The Balaban J connectivity index is 1.18. The number of carbonyl (C=O) groups excluding carboxylic acids is 4. The Morgan fingerprint density at radius 2 is 0.824 bits per heavy atom. The van der Waals surface area contributed by atoms with Crippen LogP contribution in [0, 0.1) is 0 Å². The van der Waals surface area contributed by atoms with Crippen LogP contribution in [0.25, 0.3) is 0 Å². The largest absolute Gasteiger partial charge is 0.477 e. The summed E-state index contributed by atoms with van der Waals surface area (Å²) < 4.78 is 75.9. The summed E-state index contributed by atoms with van der Waals surface area (Å²) in [6.45, 7) is -4.70. The van der Waals surface area contributed by atoms with E-state index < -0.39 is 321 Å². The maximum atomic E-state index is 13.6. The lowest BCUT2D eigenvalue weighted by atomic mass is 9.88. The molecule has 588 valence electrons. The molecule has 102 heavy (non-hydrogen) atoms. The number of rotatable bonds is 29. The van der Waals surface area contributed by atoms with E-state index in [1.807, 2.05) is 0 Å². The maximum Gasteiger partial charge on any atom is 0.364 e. The number of aliphatic carboxylic acids is 2. The fourth-order valence-corrected chi connectivity index (χ4v) is 12.9. The number of hydrogen-bond acceptors (Lipinski definition) is 40. The van der Waals surface area contributed by atoms with Crippen LogP contribution in [0.4, 0.5) is 0 Å². The van der Waals surface area contributed by atoms with E-state index in [4.69, 9.17) is 61.6 Å². The van der Waals surface area contributed by atoms with Crippen molar-refractivity contribution in [2.24, 2.45) is 0 Å². The Morgan fingerprint density at radius 1 is 0.402 bits per heavy atom. The number of carboxylic acid groups (broad SMARTS) is 2. The highest BCUT2D eigenvalue weighted by Gasteiger charge is 2.64. The molecule has 4 amide bonds. The number of amides is 4. The number of ether oxygens (including phenoxy) is 13. The Morgan fingerprint density at radius 3 is 1.37 bits per heavy atom. The van der Waals surface area contributed by atoms with E-state index in [-0.39, 0.29) is 0 Å². The molecule has 46 heteroatoms. The van der Waals surface area contributed by atoms with Crippen LogP contribution in [0.2, 0.25) is 0 Å². The lowest BCUT2D eigenvalue weighted by Gasteiger charge is -2.53. The van der Waals surface area contributed by atoms with E-state index in [1.165, 1.54) is 0 Å². The molecular weight excluding hydrogens is 1400 g/mol. The van der Waals surface area contributed by atoms with Gasteiger partial charge in [-0.1, -0.05) is 0 Å². The van der Waals surface area contributed by atoms with Crippen LogP contribution in [0.5, 0.6) is 0 Å². The van der Waals surface area contributed by atoms with Gasteiger partial charge in [0.25, 0.3) is 11.6 Å². The minimum Gasteiger partial charge on any atom is -0.477 e. The highest BCUT2D eigenvalue weighted by atomic mass is 16.8. The first-order chi connectivity index (χ1) is 47.9. The van der Waals surface area contributed by atoms with E-state index in [9.17, 15) is 146 Å². The van der Waals surface area contributed by atoms with Crippen LogP contribution in [0.3, 0.4) is 0 Å². The Kier molecular flexibility index (Phi) is 29.8. The average Bonchev–Trinajstić information content (AvgIpc) is 0.744. The van der Waals surface area contributed by atoms with Crippen molar-refractivity contribution in [1.29, 1.82) is 0 Å². The van der Waals surface area contributed by atoms with Gasteiger partial charge in [0.1, 0.15) is 165 Å². The third-order valence-electron chi connectivity index (χ3n) is 18.1. The van der Waals surface area contributed by atoms with E-state index in [0.717, 1.165) is 27.7 Å². The van der Waals surface area contributed by atoms with Gasteiger partial charge in [-0.25, -0.2) is 9.59 Å². The number of nitrogens with one attached hydrogen (secondary N) is 4. The van der Waals surface area contributed by atoms with E-state index in [1.54, 1.807) is 0 Å². The van der Waals surface area contributed by atoms with E-state index in [0.29, 0.717) is 0 Å². The Hall–Kier alpha value is -4.54. The molecule has 0 aromatic carbocycles.